The fourth-order valence-corrected chi connectivity index (χ4v) is 5.94. The molecule has 2 atom stereocenters. The summed E-state index contributed by atoms with van der Waals surface area (Å²) in [6, 6.07) is 12.0. The number of hydrogen-bond donors (Lipinski definition) is 3. The molecule has 3 heterocycles. The quantitative estimate of drug-likeness (QED) is 0.260. The Bertz CT molecular complexity index is 1090. The van der Waals surface area contributed by atoms with E-state index >= 15 is 0 Å². The van der Waals surface area contributed by atoms with Crippen LogP contribution in [0.25, 0.3) is 10.9 Å². The van der Waals surface area contributed by atoms with Gasteiger partial charge in [-0.15, -0.1) is 0 Å². The summed E-state index contributed by atoms with van der Waals surface area (Å²) >= 11 is 7.56. The van der Waals surface area contributed by atoms with Crippen molar-refractivity contribution in [3.63, 3.8) is 0 Å². The zero-order valence-corrected chi connectivity index (χ0v) is 20.2. The molecule has 2 saturated heterocycles. The number of rotatable bonds is 3. The van der Waals surface area contributed by atoms with E-state index in [9.17, 15) is 4.39 Å². The van der Waals surface area contributed by atoms with Gasteiger partial charge in [-0.3, -0.25) is 0 Å². The predicted molar refractivity (Wildman–Crippen MR) is 138 cm³/mol. The number of para-hydroxylation sites is 1. The fourth-order valence-electron chi connectivity index (χ4n) is 5.12. The van der Waals surface area contributed by atoms with E-state index in [-0.39, 0.29) is 5.82 Å². The first-order valence-corrected chi connectivity index (χ1v) is 12.4. The number of aromatic amines is 1. The molecule has 0 aliphatic carbocycles. The van der Waals surface area contributed by atoms with Crippen LogP contribution in [0.5, 0.6) is 0 Å². The second kappa shape index (κ2) is 9.03. The highest BCUT2D eigenvalue weighted by Crippen LogP contribution is 2.39. The first kappa shape index (κ1) is 21.2. The number of fused-ring (bicyclic) bond motifs is 2. The summed E-state index contributed by atoms with van der Waals surface area (Å²) in [5.74, 6) is 0.280. The molecule has 0 saturated carbocycles. The van der Waals surface area contributed by atoms with Crippen molar-refractivity contribution in [1.82, 2.24) is 9.88 Å². The Morgan fingerprint density at radius 2 is 2.03 bits per heavy atom. The molecule has 7 heteroatoms. The van der Waals surface area contributed by atoms with Gasteiger partial charge >= 0.3 is 0 Å². The van der Waals surface area contributed by atoms with Crippen LogP contribution in [-0.2, 0) is 0 Å². The zero-order valence-electron chi connectivity index (χ0n) is 17.3. The number of aromatic nitrogens is 1. The minimum atomic E-state index is -0.312. The molecule has 0 amide bonds. The molecule has 0 spiro atoms. The van der Waals surface area contributed by atoms with Gasteiger partial charge in [0.1, 0.15) is 5.82 Å². The molecule has 31 heavy (non-hydrogen) atoms. The van der Waals surface area contributed by atoms with Crippen molar-refractivity contribution in [2.45, 2.75) is 44.1 Å². The molecule has 2 aliphatic heterocycles. The number of nitrogens with one attached hydrogen (secondary N) is 3. The van der Waals surface area contributed by atoms with Gasteiger partial charge < -0.3 is 20.5 Å². The Morgan fingerprint density at radius 3 is 2.90 bits per heavy atom. The van der Waals surface area contributed by atoms with Crippen LogP contribution in [0, 0.1) is 9.39 Å². The van der Waals surface area contributed by atoms with Crippen LogP contribution in [-0.4, -0.2) is 34.1 Å². The minimum Gasteiger partial charge on any atom is -0.361 e. The van der Waals surface area contributed by atoms with E-state index in [1.807, 2.05) is 12.1 Å². The largest absolute Gasteiger partial charge is 0.361 e. The Balaban J connectivity index is 1.33. The van der Waals surface area contributed by atoms with E-state index in [0.29, 0.717) is 16.7 Å². The van der Waals surface area contributed by atoms with Crippen molar-refractivity contribution in [3.8, 4) is 0 Å². The molecular formula is C24H26FIN4S. The highest BCUT2D eigenvalue weighted by Gasteiger charge is 2.31. The van der Waals surface area contributed by atoms with Gasteiger partial charge in [-0.1, -0.05) is 12.5 Å². The van der Waals surface area contributed by atoms with Gasteiger partial charge in [0, 0.05) is 32.4 Å². The molecule has 3 N–H and O–H groups in total. The monoisotopic (exact) mass is 548 g/mol. The lowest BCUT2D eigenvalue weighted by molar-refractivity contribution is 0.0977. The maximum absolute atomic E-state index is 14.1. The van der Waals surface area contributed by atoms with Gasteiger partial charge in [-0.25, -0.2) is 4.39 Å². The third-order valence-electron chi connectivity index (χ3n) is 6.68. The highest BCUT2D eigenvalue weighted by molar-refractivity contribution is 14.1. The molecular weight excluding hydrogens is 522 g/mol. The van der Waals surface area contributed by atoms with Crippen LogP contribution in [0.4, 0.5) is 15.8 Å². The van der Waals surface area contributed by atoms with E-state index in [1.165, 1.54) is 62.2 Å². The van der Waals surface area contributed by atoms with Gasteiger partial charge in [0.25, 0.3) is 0 Å². The van der Waals surface area contributed by atoms with E-state index < -0.39 is 0 Å². The minimum absolute atomic E-state index is 0.312. The molecule has 2 unspecified atom stereocenters. The van der Waals surface area contributed by atoms with Gasteiger partial charge in [-0.05, 0) is 115 Å². The van der Waals surface area contributed by atoms with Crippen molar-refractivity contribution < 1.29 is 4.39 Å². The molecule has 0 bridgehead atoms. The average Bonchev–Trinajstić information content (AvgIpc) is 3.19. The Kier molecular flexibility index (Phi) is 6.16. The fraction of sp³-hybridized carbons (Fsp3) is 0.375. The molecule has 3 aromatic rings. The second-order valence-corrected chi connectivity index (χ2v) is 10.2. The molecule has 2 aliphatic rings. The Morgan fingerprint density at radius 1 is 1.13 bits per heavy atom. The van der Waals surface area contributed by atoms with Gasteiger partial charge in [0.2, 0.25) is 0 Å². The number of thiocarbonyl (C=S) groups is 1. The SMILES string of the molecule is Fc1cccc(I)c1NC(=S)Nc1ccc2[nH]cc(C3CCN4CCCCC4C3)c2c1. The van der Waals surface area contributed by atoms with Crippen molar-refractivity contribution >= 4 is 62.2 Å². The van der Waals surface area contributed by atoms with E-state index in [4.69, 9.17) is 12.2 Å². The molecule has 2 fully saturated rings. The Hall–Kier alpha value is -1.71. The number of piperidine rings is 2. The van der Waals surface area contributed by atoms with E-state index in [2.05, 4.69) is 61.4 Å². The first-order chi connectivity index (χ1) is 15.1. The number of benzene rings is 2. The second-order valence-electron chi connectivity index (χ2n) is 8.59. The summed E-state index contributed by atoms with van der Waals surface area (Å²) < 4.78 is 14.9. The smallest absolute Gasteiger partial charge is 0.175 e. The van der Waals surface area contributed by atoms with Gasteiger partial charge in [0.05, 0.1) is 5.69 Å². The first-order valence-electron chi connectivity index (χ1n) is 11.0. The van der Waals surface area contributed by atoms with Crippen LogP contribution in [0.3, 0.4) is 0 Å². The van der Waals surface area contributed by atoms with Crippen LogP contribution >= 0.6 is 34.8 Å². The van der Waals surface area contributed by atoms with Gasteiger partial charge in [-0.2, -0.15) is 0 Å². The summed E-state index contributed by atoms with van der Waals surface area (Å²) in [7, 11) is 0. The van der Waals surface area contributed by atoms with Crippen molar-refractivity contribution in [1.29, 1.82) is 0 Å². The molecule has 0 radical (unpaired) electrons. The topological polar surface area (TPSA) is 43.1 Å². The average molecular weight is 548 g/mol. The summed E-state index contributed by atoms with van der Waals surface area (Å²) in [4.78, 5) is 6.14. The lowest BCUT2D eigenvalue weighted by atomic mass is 9.82. The van der Waals surface area contributed by atoms with Crippen molar-refractivity contribution in [2.24, 2.45) is 0 Å². The number of anilines is 2. The summed E-state index contributed by atoms with van der Waals surface area (Å²) in [5.41, 5.74) is 3.87. The maximum Gasteiger partial charge on any atom is 0.175 e. The van der Waals surface area contributed by atoms with Crippen LogP contribution in [0.1, 0.15) is 43.6 Å². The highest BCUT2D eigenvalue weighted by atomic mass is 127. The van der Waals surface area contributed by atoms with Crippen molar-refractivity contribution in [2.75, 3.05) is 23.7 Å². The van der Waals surface area contributed by atoms with E-state index in [1.54, 1.807) is 6.07 Å². The molecule has 5 rings (SSSR count). The summed E-state index contributed by atoms with van der Waals surface area (Å²) in [6.07, 6.45) is 8.70. The number of halogens is 2. The zero-order chi connectivity index (χ0) is 21.4. The van der Waals surface area contributed by atoms with Crippen LogP contribution in [0.15, 0.2) is 42.6 Å². The third kappa shape index (κ3) is 4.45. The predicted octanol–water partition coefficient (Wildman–Crippen LogP) is 6.45. The van der Waals surface area contributed by atoms with Crippen LogP contribution < -0.4 is 10.6 Å². The number of H-pyrrole nitrogens is 1. The summed E-state index contributed by atoms with van der Waals surface area (Å²) in [5, 5.41) is 7.87. The number of nitrogens with zero attached hydrogens (tertiary/aromatic N) is 1. The van der Waals surface area contributed by atoms with E-state index in [0.717, 1.165) is 20.8 Å². The van der Waals surface area contributed by atoms with Gasteiger partial charge in [0.15, 0.2) is 5.11 Å². The maximum atomic E-state index is 14.1. The molecule has 162 valence electrons. The normalized spacial score (nSPS) is 21.6. The lowest BCUT2D eigenvalue weighted by Gasteiger charge is -2.42. The lowest BCUT2D eigenvalue weighted by Crippen LogP contribution is -2.44. The van der Waals surface area contributed by atoms with Crippen molar-refractivity contribution in [3.05, 3.63) is 57.5 Å². The van der Waals surface area contributed by atoms with Crippen LogP contribution in [0.2, 0.25) is 0 Å². The Labute approximate surface area is 201 Å². The molecule has 4 nitrogen and oxygen atoms in total. The molecule has 1 aromatic heterocycles. The standard InChI is InChI=1S/C24H26FIN4S/c25-20-5-3-6-21(26)23(20)29-24(31)28-16-7-8-22-18(13-16)19(14-27-22)15-9-11-30-10-2-1-4-17(30)12-15/h3,5-8,13-15,17,27H,1-2,4,9-12H2,(H2,28,29,31). The summed E-state index contributed by atoms with van der Waals surface area (Å²) in [6.45, 7) is 2.47. The number of hydrogen-bond acceptors (Lipinski definition) is 2. The third-order valence-corrected chi connectivity index (χ3v) is 7.79. The molecule has 2 aromatic carbocycles.